The maximum absolute atomic E-state index is 5.83. The number of rotatable bonds is 8. The number of nitrogens with one attached hydrogen (secondary N) is 1. The van der Waals surface area contributed by atoms with Crippen LogP contribution in [0.1, 0.15) is 40.0 Å². The van der Waals surface area contributed by atoms with Crippen LogP contribution in [0.2, 0.25) is 0 Å². The zero-order valence-electron chi connectivity index (χ0n) is 11.0. The minimum Gasteiger partial charge on any atom is -0.381 e. The molecule has 2 atom stereocenters. The van der Waals surface area contributed by atoms with Gasteiger partial charge in [-0.15, -0.1) is 0 Å². The van der Waals surface area contributed by atoms with E-state index in [9.17, 15) is 0 Å². The average Bonchev–Trinajstić information content (AvgIpc) is 2.74. The van der Waals surface area contributed by atoms with Crippen LogP contribution in [0.3, 0.4) is 0 Å². The van der Waals surface area contributed by atoms with E-state index < -0.39 is 0 Å². The van der Waals surface area contributed by atoms with Crippen molar-refractivity contribution in [1.82, 2.24) is 5.32 Å². The van der Waals surface area contributed by atoms with Crippen molar-refractivity contribution in [3.8, 4) is 0 Å². The Morgan fingerprint density at radius 1 is 1.38 bits per heavy atom. The van der Waals surface area contributed by atoms with Crippen LogP contribution in [0.25, 0.3) is 0 Å². The van der Waals surface area contributed by atoms with Crippen molar-refractivity contribution in [3.63, 3.8) is 0 Å². The molecule has 16 heavy (non-hydrogen) atoms. The van der Waals surface area contributed by atoms with Crippen LogP contribution >= 0.6 is 0 Å². The van der Waals surface area contributed by atoms with Crippen molar-refractivity contribution in [2.75, 3.05) is 26.4 Å². The van der Waals surface area contributed by atoms with Gasteiger partial charge in [-0.1, -0.05) is 13.8 Å². The fourth-order valence-electron chi connectivity index (χ4n) is 1.88. The lowest BCUT2D eigenvalue weighted by Crippen LogP contribution is -2.25. The number of ether oxygens (including phenoxy) is 2. The van der Waals surface area contributed by atoms with Crippen molar-refractivity contribution in [2.24, 2.45) is 5.92 Å². The third kappa shape index (κ3) is 6.46. The Morgan fingerprint density at radius 3 is 2.81 bits per heavy atom. The summed E-state index contributed by atoms with van der Waals surface area (Å²) in [6, 6.07) is 0.590. The van der Waals surface area contributed by atoms with Gasteiger partial charge in [0.2, 0.25) is 0 Å². The van der Waals surface area contributed by atoms with Crippen LogP contribution in [0.4, 0.5) is 0 Å². The molecular formula is C13H27NO2. The molecule has 0 aliphatic carbocycles. The van der Waals surface area contributed by atoms with Gasteiger partial charge in [0, 0.05) is 18.6 Å². The van der Waals surface area contributed by atoms with Gasteiger partial charge in [-0.25, -0.2) is 0 Å². The van der Waals surface area contributed by atoms with E-state index in [1.165, 1.54) is 12.8 Å². The summed E-state index contributed by atoms with van der Waals surface area (Å²) < 4.78 is 11.1. The quantitative estimate of drug-likeness (QED) is 0.647. The summed E-state index contributed by atoms with van der Waals surface area (Å²) in [5.74, 6) is 0.635. The minimum absolute atomic E-state index is 0.384. The van der Waals surface area contributed by atoms with E-state index in [-0.39, 0.29) is 0 Å². The lowest BCUT2D eigenvalue weighted by molar-refractivity contribution is 0.0311. The SMILES string of the molecule is CC(C)NCCCC(C)OCC1CCOC1. The Kier molecular flexibility index (Phi) is 7.01. The molecular weight excluding hydrogens is 202 g/mol. The van der Waals surface area contributed by atoms with Crippen LogP contribution in [-0.2, 0) is 9.47 Å². The van der Waals surface area contributed by atoms with Gasteiger partial charge in [0.05, 0.1) is 19.3 Å². The maximum atomic E-state index is 5.83. The van der Waals surface area contributed by atoms with Gasteiger partial charge in [0.15, 0.2) is 0 Å². The molecule has 1 aliphatic rings. The molecule has 1 saturated heterocycles. The third-order valence-electron chi connectivity index (χ3n) is 2.98. The number of hydrogen-bond acceptors (Lipinski definition) is 3. The van der Waals surface area contributed by atoms with Crippen LogP contribution < -0.4 is 5.32 Å². The molecule has 3 heteroatoms. The second kappa shape index (κ2) is 8.04. The summed E-state index contributed by atoms with van der Waals surface area (Å²) in [7, 11) is 0. The molecule has 0 saturated carbocycles. The van der Waals surface area contributed by atoms with E-state index >= 15 is 0 Å². The second-order valence-corrected chi connectivity index (χ2v) is 5.12. The molecule has 3 nitrogen and oxygen atoms in total. The molecule has 0 bridgehead atoms. The average molecular weight is 229 g/mol. The van der Waals surface area contributed by atoms with Crippen LogP contribution in [0.5, 0.6) is 0 Å². The van der Waals surface area contributed by atoms with E-state index in [1.54, 1.807) is 0 Å². The molecule has 0 radical (unpaired) electrons. The molecule has 96 valence electrons. The van der Waals surface area contributed by atoms with E-state index in [0.717, 1.165) is 32.8 Å². The van der Waals surface area contributed by atoms with Gasteiger partial charge in [-0.2, -0.15) is 0 Å². The van der Waals surface area contributed by atoms with Gasteiger partial charge >= 0.3 is 0 Å². The van der Waals surface area contributed by atoms with Crippen molar-refractivity contribution in [1.29, 1.82) is 0 Å². The molecule has 1 rings (SSSR count). The van der Waals surface area contributed by atoms with Gasteiger partial charge in [-0.05, 0) is 32.7 Å². The highest BCUT2D eigenvalue weighted by Gasteiger charge is 2.16. The molecule has 1 aliphatic heterocycles. The lowest BCUT2D eigenvalue weighted by Gasteiger charge is -2.16. The summed E-state index contributed by atoms with van der Waals surface area (Å²) in [5, 5.41) is 3.42. The van der Waals surface area contributed by atoms with Gasteiger partial charge in [-0.3, -0.25) is 0 Å². The van der Waals surface area contributed by atoms with Crippen LogP contribution in [-0.4, -0.2) is 38.5 Å². The largest absolute Gasteiger partial charge is 0.381 e. The highest BCUT2D eigenvalue weighted by molar-refractivity contribution is 4.64. The predicted molar refractivity (Wildman–Crippen MR) is 66.7 cm³/mol. The molecule has 2 unspecified atom stereocenters. The van der Waals surface area contributed by atoms with Gasteiger partial charge in [0.1, 0.15) is 0 Å². The first kappa shape index (κ1) is 13.9. The molecule has 0 spiro atoms. The van der Waals surface area contributed by atoms with Gasteiger partial charge < -0.3 is 14.8 Å². The molecule has 1 heterocycles. The Labute approximate surface area is 99.9 Å². The first-order valence-electron chi connectivity index (χ1n) is 6.61. The highest BCUT2D eigenvalue weighted by atomic mass is 16.5. The first-order valence-corrected chi connectivity index (χ1v) is 6.61. The molecule has 1 N–H and O–H groups in total. The van der Waals surface area contributed by atoms with E-state index in [4.69, 9.17) is 9.47 Å². The van der Waals surface area contributed by atoms with E-state index in [2.05, 4.69) is 26.1 Å². The fourth-order valence-corrected chi connectivity index (χ4v) is 1.88. The zero-order valence-corrected chi connectivity index (χ0v) is 11.0. The monoisotopic (exact) mass is 229 g/mol. The summed E-state index contributed by atoms with van der Waals surface area (Å²) in [6.07, 6.45) is 3.89. The second-order valence-electron chi connectivity index (χ2n) is 5.12. The topological polar surface area (TPSA) is 30.5 Å². The van der Waals surface area contributed by atoms with Crippen molar-refractivity contribution in [3.05, 3.63) is 0 Å². The summed E-state index contributed by atoms with van der Waals surface area (Å²) in [5.41, 5.74) is 0. The maximum Gasteiger partial charge on any atom is 0.0547 e. The Balaban J connectivity index is 1.91. The summed E-state index contributed by atoms with van der Waals surface area (Å²) >= 11 is 0. The molecule has 1 fully saturated rings. The highest BCUT2D eigenvalue weighted by Crippen LogP contribution is 2.14. The molecule has 0 aromatic rings. The van der Waals surface area contributed by atoms with Gasteiger partial charge in [0.25, 0.3) is 0 Å². The zero-order chi connectivity index (χ0) is 11.8. The summed E-state index contributed by atoms with van der Waals surface area (Å²) in [4.78, 5) is 0. The minimum atomic E-state index is 0.384. The molecule has 0 aromatic heterocycles. The molecule has 0 amide bonds. The van der Waals surface area contributed by atoms with Crippen molar-refractivity contribution < 1.29 is 9.47 Å². The smallest absolute Gasteiger partial charge is 0.0547 e. The van der Waals surface area contributed by atoms with Crippen LogP contribution in [0, 0.1) is 5.92 Å². The standard InChI is InChI=1S/C13H27NO2/c1-11(2)14-7-4-5-12(3)16-10-13-6-8-15-9-13/h11-14H,4-10H2,1-3H3. The van der Waals surface area contributed by atoms with Crippen LogP contribution in [0.15, 0.2) is 0 Å². The first-order chi connectivity index (χ1) is 7.68. The van der Waals surface area contributed by atoms with E-state index in [0.29, 0.717) is 18.1 Å². The van der Waals surface area contributed by atoms with Crippen molar-refractivity contribution >= 4 is 0 Å². The number of hydrogen-bond donors (Lipinski definition) is 1. The predicted octanol–water partition coefficient (Wildman–Crippen LogP) is 2.21. The third-order valence-corrected chi connectivity index (χ3v) is 2.98. The van der Waals surface area contributed by atoms with Crippen molar-refractivity contribution in [2.45, 2.75) is 52.2 Å². The summed E-state index contributed by atoms with van der Waals surface area (Å²) in [6.45, 7) is 10.3. The lowest BCUT2D eigenvalue weighted by atomic mass is 10.1. The Hall–Kier alpha value is -0.120. The fraction of sp³-hybridized carbons (Fsp3) is 1.00. The Bertz CT molecular complexity index is 167. The molecule has 0 aromatic carbocycles. The Morgan fingerprint density at radius 2 is 2.19 bits per heavy atom. The normalized spacial score (nSPS) is 22.9. The van der Waals surface area contributed by atoms with E-state index in [1.807, 2.05) is 0 Å².